The van der Waals surface area contributed by atoms with Crippen LogP contribution in [0, 0.1) is 0 Å². The predicted molar refractivity (Wildman–Crippen MR) is 290 cm³/mol. The smallest absolute Gasteiger partial charge is 0.143 e. The number of hydrogen-bond acceptors (Lipinski definition) is 1. The first-order valence-corrected chi connectivity index (χ1v) is 23.7. The second kappa shape index (κ2) is 15.7. The average molecular weight is 879 g/mol. The van der Waals surface area contributed by atoms with Gasteiger partial charge in [0.05, 0.1) is 33.4 Å². The van der Waals surface area contributed by atoms with E-state index >= 15 is 0 Å². The normalized spacial score (nSPS) is 11.8. The van der Waals surface area contributed by atoms with E-state index in [1.165, 1.54) is 54.8 Å². The summed E-state index contributed by atoms with van der Waals surface area (Å²) in [5, 5.41) is 7.06. The van der Waals surface area contributed by atoms with Crippen molar-refractivity contribution in [3.05, 3.63) is 255 Å². The summed E-state index contributed by atoms with van der Waals surface area (Å²) in [7, 11) is 0. The molecule has 3 aromatic heterocycles. The lowest BCUT2D eigenvalue weighted by Crippen LogP contribution is -2.01. The lowest BCUT2D eigenvalue weighted by Gasteiger charge is -2.18. The molecule has 3 heteroatoms. The highest BCUT2D eigenvalue weighted by Crippen LogP contribution is 2.46. The monoisotopic (exact) mass is 878 g/mol. The highest BCUT2D eigenvalue weighted by molar-refractivity contribution is 6.17. The maximum atomic E-state index is 6.86. The number of furan rings is 1. The van der Waals surface area contributed by atoms with Gasteiger partial charge in [-0.3, -0.25) is 0 Å². The van der Waals surface area contributed by atoms with Crippen LogP contribution in [0.4, 0.5) is 0 Å². The van der Waals surface area contributed by atoms with Gasteiger partial charge in [-0.15, -0.1) is 0 Å². The summed E-state index contributed by atoms with van der Waals surface area (Å²) < 4.78 is 11.8. The number of nitrogens with zero attached hydrogens (tertiary/aromatic N) is 2. The summed E-state index contributed by atoms with van der Waals surface area (Å²) in [6, 6.07) is 92.5. The number of aromatic nitrogens is 2. The molecule has 14 rings (SSSR count). The van der Waals surface area contributed by atoms with Crippen LogP contribution in [-0.4, -0.2) is 9.13 Å². The van der Waals surface area contributed by atoms with Crippen LogP contribution in [0.25, 0.3) is 133 Å². The highest BCUT2D eigenvalue weighted by Gasteiger charge is 2.23. The number of fused-ring (bicyclic) bond motifs is 9. The standard InChI is InChI=1S/C66H42N2O/c1-3-19-43(20-4-1)47-23-7-8-24-48(47)45-35-39-62-56(41-45)57-42-46(65-49(44-21-5-2-6-22-44)37-38-55-54-29-13-18-34-64(54)69-66(55)65)36-40-63(57)68(62)61-33-17-12-28-53(61)52-27-11-16-32-60(52)67-58-30-14-9-25-50(58)51-26-10-15-31-59(51)67/h1-42H. The predicted octanol–water partition coefficient (Wildman–Crippen LogP) is 18.1. The second-order valence-electron chi connectivity index (χ2n) is 17.9. The zero-order valence-corrected chi connectivity index (χ0v) is 37.6. The molecular formula is C66H42N2O. The average Bonchev–Trinajstić information content (AvgIpc) is 4.08. The number of para-hydroxylation sites is 5. The van der Waals surface area contributed by atoms with Crippen molar-refractivity contribution >= 4 is 65.6 Å². The summed E-state index contributed by atoms with van der Waals surface area (Å²) in [4.78, 5) is 0. The van der Waals surface area contributed by atoms with Gasteiger partial charge in [0.25, 0.3) is 0 Å². The Balaban J connectivity index is 1.05. The number of rotatable bonds is 7. The lowest BCUT2D eigenvalue weighted by atomic mass is 9.91. The Morgan fingerprint density at radius 1 is 0.246 bits per heavy atom. The molecule has 0 fully saturated rings. The third-order valence-corrected chi connectivity index (χ3v) is 14.2. The summed E-state index contributed by atoms with van der Waals surface area (Å²) in [5.41, 5.74) is 20.2. The van der Waals surface area contributed by atoms with Crippen molar-refractivity contribution in [3.8, 4) is 67.0 Å². The van der Waals surface area contributed by atoms with Gasteiger partial charge >= 0.3 is 0 Å². The molecule has 3 nitrogen and oxygen atoms in total. The van der Waals surface area contributed by atoms with E-state index in [-0.39, 0.29) is 0 Å². The van der Waals surface area contributed by atoms with Crippen LogP contribution in [0.1, 0.15) is 0 Å². The van der Waals surface area contributed by atoms with E-state index in [0.29, 0.717) is 0 Å². The van der Waals surface area contributed by atoms with Crippen molar-refractivity contribution in [1.82, 2.24) is 9.13 Å². The third-order valence-electron chi connectivity index (χ3n) is 14.2. The quantitative estimate of drug-likeness (QED) is 0.156. The van der Waals surface area contributed by atoms with Gasteiger partial charge in [0, 0.05) is 49.0 Å². The second-order valence-corrected chi connectivity index (χ2v) is 17.9. The van der Waals surface area contributed by atoms with Crippen LogP contribution in [0.5, 0.6) is 0 Å². The van der Waals surface area contributed by atoms with Gasteiger partial charge in [-0.1, -0.05) is 194 Å². The van der Waals surface area contributed by atoms with E-state index < -0.39 is 0 Å². The molecular weight excluding hydrogens is 837 g/mol. The number of hydrogen-bond donors (Lipinski definition) is 0. The summed E-state index contributed by atoms with van der Waals surface area (Å²) in [6.45, 7) is 0. The van der Waals surface area contributed by atoms with E-state index in [1.807, 2.05) is 0 Å². The first-order valence-electron chi connectivity index (χ1n) is 23.7. The highest BCUT2D eigenvalue weighted by atomic mass is 16.3. The maximum Gasteiger partial charge on any atom is 0.143 e. The first-order chi connectivity index (χ1) is 34.3. The van der Waals surface area contributed by atoms with Crippen LogP contribution >= 0.6 is 0 Å². The minimum atomic E-state index is 0.885. The summed E-state index contributed by atoms with van der Waals surface area (Å²) in [5.74, 6) is 0. The van der Waals surface area contributed by atoms with Gasteiger partial charge in [-0.05, 0) is 99.6 Å². The molecule has 0 bridgehead atoms. The van der Waals surface area contributed by atoms with E-state index in [0.717, 1.165) is 77.7 Å². The van der Waals surface area contributed by atoms with Crippen LogP contribution in [-0.2, 0) is 0 Å². The Kier molecular flexibility index (Phi) is 8.90. The van der Waals surface area contributed by atoms with Gasteiger partial charge in [0.1, 0.15) is 11.2 Å². The van der Waals surface area contributed by atoms with E-state index in [9.17, 15) is 0 Å². The van der Waals surface area contributed by atoms with Crippen molar-refractivity contribution in [2.45, 2.75) is 0 Å². The fourth-order valence-corrected chi connectivity index (χ4v) is 11.1. The molecule has 14 aromatic rings. The van der Waals surface area contributed by atoms with Crippen molar-refractivity contribution in [3.63, 3.8) is 0 Å². The van der Waals surface area contributed by atoms with Gasteiger partial charge in [0.15, 0.2) is 0 Å². The minimum absolute atomic E-state index is 0.885. The fraction of sp³-hybridized carbons (Fsp3) is 0. The van der Waals surface area contributed by atoms with E-state index in [4.69, 9.17) is 4.42 Å². The molecule has 0 saturated carbocycles. The molecule has 0 spiro atoms. The van der Waals surface area contributed by atoms with Crippen LogP contribution in [0.15, 0.2) is 259 Å². The van der Waals surface area contributed by atoms with Gasteiger partial charge < -0.3 is 13.6 Å². The Labute approximate surface area is 399 Å². The van der Waals surface area contributed by atoms with Crippen LogP contribution in [0.2, 0.25) is 0 Å². The van der Waals surface area contributed by atoms with E-state index in [2.05, 4.69) is 264 Å². The van der Waals surface area contributed by atoms with Crippen LogP contribution in [0.3, 0.4) is 0 Å². The SMILES string of the molecule is c1ccc(-c2ccccc2-c2ccc3c(c2)c2cc(-c4c(-c5ccccc5)ccc5c4oc4ccccc45)ccc2n3-c2ccccc2-c2ccccc2-n2c3ccccc3c3ccccc32)cc1. The summed E-state index contributed by atoms with van der Waals surface area (Å²) >= 11 is 0. The fourth-order valence-electron chi connectivity index (χ4n) is 11.1. The molecule has 0 N–H and O–H groups in total. The van der Waals surface area contributed by atoms with Gasteiger partial charge in [0.2, 0.25) is 0 Å². The van der Waals surface area contributed by atoms with Gasteiger partial charge in [-0.25, -0.2) is 0 Å². The molecule has 0 aliphatic rings. The van der Waals surface area contributed by atoms with Crippen molar-refractivity contribution < 1.29 is 4.42 Å². The molecule has 0 amide bonds. The summed E-state index contributed by atoms with van der Waals surface area (Å²) in [6.07, 6.45) is 0. The first kappa shape index (κ1) is 39.0. The topological polar surface area (TPSA) is 23.0 Å². The minimum Gasteiger partial charge on any atom is -0.455 e. The molecule has 3 heterocycles. The Hall–Kier alpha value is -9.18. The largest absolute Gasteiger partial charge is 0.455 e. The van der Waals surface area contributed by atoms with Crippen molar-refractivity contribution in [2.24, 2.45) is 0 Å². The molecule has 11 aromatic carbocycles. The molecule has 0 unspecified atom stereocenters. The van der Waals surface area contributed by atoms with Crippen molar-refractivity contribution in [1.29, 1.82) is 0 Å². The Bertz CT molecular complexity index is 4250. The molecule has 322 valence electrons. The third kappa shape index (κ3) is 6.14. The molecule has 0 saturated heterocycles. The zero-order chi connectivity index (χ0) is 45.4. The Morgan fingerprint density at radius 2 is 0.681 bits per heavy atom. The lowest BCUT2D eigenvalue weighted by molar-refractivity contribution is 0.670. The van der Waals surface area contributed by atoms with Crippen molar-refractivity contribution in [2.75, 3.05) is 0 Å². The molecule has 0 aliphatic carbocycles. The number of benzene rings is 11. The van der Waals surface area contributed by atoms with Gasteiger partial charge in [-0.2, -0.15) is 0 Å². The molecule has 69 heavy (non-hydrogen) atoms. The maximum absolute atomic E-state index is 6.86. The molecule has 0 radical (unpaired) electrons. The Morgan fingerprint density at radius 3 is 1.29 bits per heavy atom. The zero-order valence-electron chi connectivity index (χ0n) is 37.6. The molecule has 0 aliphatic heterocycles. The molecule has 0 atom stereocenters. The van der Waals surface area contributed by atoms with E-state index in [1.54, 1.807) is 0 Å². The van der Waals surface area contributed by atoms with Crippen LogP contribution < -0.4 is 0 Å².